The number of unbranched alkanes of at least 4 members (excludes halogenated alkanes) is 1. The van der Waals surface area contributed by atoms with Gasteiger partial charge in [0.05, 0.1) is 11.5 Å². The van der Waals surface area contributed by atoms with E-state index in [2.05, 4.69) is 6.07 Å². The van der Waals surface area contributed by atoms with Crippen molar-refractivity contribution in [2.24, 2.45) is 0 Å². The zero-order chi connectivity index (χ0) is 21.1. The van der Waals surface area contributed by atoms with Crippen molar-refractivity contribution in [3.8, 4) is 0 Å². The number of hydrogen-bond donors (Lipinski definition) is 0. The van der Waals surface area contributed by atoms with Gasteiger partial charge in [0.25, 0.3) is 11.1 Å². The number of rotatable bonds is 6. The molecule has 1 aliphatic rings. The monoisotopic (exact) mass is 419 g/mol. The van der Waals surface area contributed by atoms with Crippen LogP contribution in [0.15, 0.2) is 59.5 Å². The summed E-state index contributed by atoms with van der Waals surface area (Å²) in [5, 5.41) is 3.66. The first-order valence-electron chi connectivity index (χ1n) is 9.90. The lowest BCUT2D eigenvalue weighted by molar-refractivity contribution is -0.146. The van der Waals surface area contributed by atoms with Crippen LogP contribution in [0.25, 0.3) is 27.6 Å². The molecule has 3 aromatic carbocycles. The van der Waals surface area contributed by atoms with Crippen molar-refractivity contribution in [2.75, 3.05) is 13.2 Å². The minimum absolute atomic E-state index is 0.295. The van der Waals surface area contributed by atoms with Gasteiger partial charge in [0.15, 0.2) is 0 Å². The summed E-state index contributed by atoms with van der Waals surface area (Å²) < 4.78 is 5.10. The Labute approximate surface area is 178 Å². The van der Waals surface area contributed by atoms with Gasteiger partial charge in [0, 0.05) is 0 Å². The number of fused-ring (bicyclic) bond motifs is 2. The maximum absolute atomic E-state index is 12.9. The van der Waals surface area contributed by atoms with E-state index in [1.165, 1.54) is 0 Å². The van der Waals surface area contributed by atoms with Crippen LogP contribution in [0.4, 0.5) is 4.79 Å². The van der Waals surface area contributed by atoms with Gasteiger partial charge in [0.1, 0.15) is 6.54 Å². The Bertz CT molecular complexity index is 1130. The largest absolute Gasteiger partial charge is 0.464 e. The van der Waals surface area contributed by atoms with Gasteiger partial charge in [0.2, 0.25) is 0 Å². The second kappa shape index (κ2) is 8.71. The minimum atomic E-state index is -0.567. The highest BCUT2D eigenvalue weighted by molar-refractivity contribution is 8.18. The molecular weight excluding hydrogens is 398 g/mol. The lowest BCUT2D eigenvalue weighted by atomic mass is 9.96. The Morgan fingerprint density at radius 2 is 1.67 bits per heavy atom. The number of hydrogen-bond acceptors (Lipinski definition) is 5. The fourth-order valence-electron chi connectivity index (χ4n) is 3.48. The molecule has 4 rings (SSSR count). The normalized spacial score (nSPS) is 15.5. The van der Waals surface area contributed by atoms with Crippen molar-refractivity contribution in [1.29, 1.82) is 0 Å². The molecule has 6 heteroatoms. The predicted octanol–water partition coefficient (Wildman–Crippen LogP) is 5.37. The molecule has 0 unspecified atom stereocenters. The van der Waals surface area contributed by atoms with Crippen LogP contribution in [0.3, 0.4) is 0 Å². The summed E-state index contributed by atoms with van der Waals surface area (Å²) in [4.78, 5) is 38.5. The van der Waals surface area contributed by atoms with Gasteiger partial charge in [-0.25, -0.2) is 0 Å². The number of nitrogens with zero attached hydrogens (tertiary/aromatic N) is 1. The van der Waals surface area contributed by atoms with Crippen LogP contribution in [0, 0.1) is 0 Å². The molecule has 2 amide bonds. The number of ether oxygens (including phenoxy) is 1. The third-order valence-corrected chi connectivity index (χ3v) is 5.92. The van der Waals surface area contributed by atoms with E-state index in [0.29, 0.717) is 11.5 Å². The molecule has 0 bridgehead atoms. The predicted molar refractivity (Wildman–Crippen MR) is 120 cm³/mol. The van der Waals surface area contributed by atoms with Gasteiger partial charge in [-0.2, -0.15) is 0 Å². The molecule has 0 aromatic heterocycles. The number of carbonyl (C=O) groups excluding carboxylic acids is 3. The number of carbonyl (C=O) groups is 3. The van der Waals surface area contributed by atoms with Crippen molar-refractivity contribution >= 4 is 56.5 Å². The summed E-state index contributed by atoms with van der Waals surface area (Å²) >= 11 is 0.855. The van der Waals surface area contributed by atoms with Gasteiger partial charge in [-0.15, -0.1) is 0 Å². The smallest absolute Gasteiger partial charge is 0.326 e. The lowest BCUT2D eigenvalue weighted by Gasteiger charge is -2.12. The van der Waals surface area contributed by atoms with Crippen molar-refractivity contribution < 1.29 is 19.1 Å². The molecule has 1 aliphatic heterocycles. The molecular formula is C24H21NO4S. The number of esters is 1. The molecule has 30 heavy (non-hydrogen) atoms. The van der Waals surface area contributed by atoms with Crippen LogP contribution in [-0.2, 0) is 14.3 Å². The highest BCUT2D eigenvalue weighted by Crippen LogP contribution is 2.36. The van der Waals surface area contributed by atoms with E-state index >= 15 is 0 Å². The Morgan fingerprint density at radius 3 is 2.30 bits per heavy atom. The van der Waals surface area contributed by atoms with Crippen LogP contribution in [-0.4, -0.2) is 35.2 Å². The average molecular weight is 420 g/mol. The molecule has 152 valence electrons. The molecule has 3 aromatic rings. The number of thioether (sulfide) groups is 1. The average Bonchev–Trinajstić information content (AvgIpc) is 3.01. The molecule has 0 radical (unpaired) electrons. The van der Waals surface area contributed by atoms with Crippen LogP contribution in [0.5, 0.6) is 0 Å². The van der Waals surface area contributed by atoms with E-state index < -0.39 is 17.1 Å². The maximum atomic E-state index is 12.9. The molecule has 1 heterocycles. The summed E-state index contributed by atoms with van der Waals surface area (Å²) in [6.07, 6.45) is 3.41. The van der Waals surface area contributed by atoms with E-state index in [1.807, 2.05) is 55.5 Å². The molecule has 0 aliphatic carbocycles. The van der Waals surface area contributed by atoms with Crippen molar-refractivity contribution in [3.63, 3.8) is 0 Å². The minimum Gasteiger partial charge on any atom is -0.464 e. The Hall–Kier alpha value is -3.12. The van der Waals surface area contributed by atoms with Gasteiger partial charge >= 0.3 is 5.97 Å². The first kappa shape index (κ1) is 20.2. The summed E-state index contributed by atoms with van der Waals surface area (Å²) in [6.45, 7) is 1.93. The summed E-state index contributed by atoms with van der Waals surface area (Å²) in [6, 6.07) is 18.0. The number of imide groups is 1. The molecule has 1 fully saturated rings. The van der Waals surface area contributed by atoms with E-state index in [1.54, 1.807) is 6.08 Å². The Balaban J connectivity index is 1.68. The summed E-state index contributed by atoms with van der Waals surface area (Å²) in [7, 11) is 0. The van der Waals surface area contributed by atoms with Gasteiger partial charge in [-0.3, -0.25) is 19.3 Å². The SMILES string of the molecule is CCCCOC(=O)CN1C(=O)S/C(=C/c2c3ccccc3cc3ccccc23)C1=O. The maximum Gasteiger partial charge on any atom is 0.326 e. The van der Waals surface area contributed by atoms with Gasteiger partial charge in [-0.1, -0.05) is 61.9 Å². The fraction of sp³-hybridized carbons (Fsp3) is 0.208. The zero-order valence-electron chi connectivity index (χ0n) is 16.6. The highest BCUT2D eigenvalue weighted by Gasteiger charge is 2.36. The number of benzene rings is 3. The van der Waals surface area contributed by atoms with Crippen molar-refractivity contribution in [1.82, 2.24) is 4.90 Å². The van der Waals surface area contributed by atoms with Crippen LogP contribution < -0.4 is 0 Å². The molecule has 0 atom stereocenters. The van der Waals surface area contributed by atoms with E-state index in [9.17, 15) is 14.4 Å². The van der Waals surface area contributed by atoms with E-state index in [-0.39, 0.29) is 6.54 Å². The standard InChI is InChI=1S/C24H21NO4S/c1-2-3-12-29-22(26)15-25-23(27)21(30-24(25)28)14-20-18-10-6-4-8-16(18)13-17-9-5-7-11-19(17)20/h4-11,13-14H,2-3,12,15H2,1H3/b21-14+. The first-order valence-corrected chi connectivity index (χ1v) is 10.7. The summed E-state index contributed by atoms with van der Waals surface area (Å²) in [5.41, 5.74) is 0.889. The molecule has 5 nitrogen and oxygen atoms in total. The topological polar surface area (TPSA) is 63.7 Å². The molecule has 1 saturated heterocycles. The van der Waals surface area contributed by atoms with Crippen molar-refractivity contribution in [2.45, 2.75) is 19.8 Å². The van der Waals surface area contributed by atoms with Gasteiger partial charge < -0.3 is 4.74 Å². The summed E-state index contributed by atoms with van der Waals surface area (Å²) in [5.74, 6) is -1.03. The number of amides is 2. The Kier molecular flexibility index (Phi) is 5.86. The fourth-order valence-corrected chi connectivity index (χ4v) is 4.30. The second-order valence-electron chi connectivity index (χ2n) is 7.07. The van der Waals surface area contributed by atoms with Crippen LogP contribution in [0.1, 0.15) is 25.3 Å². The lowest BCUT2D eigenvalue weighted by Crippen LogP contribution is -2.34. The van der Waals surface area contributed by atoms with E-state index in [4.69, 9.17) is 4.74 Å². The molecule has 0 spiro atoms. The molecule has 0 N–H and O–H groups in total. The zero-order valence-corrected chi connectivity index (χ0v) is 17.4. The molecule has 0 saturated carbocycles. The highest BCUT2D eigenvalue weighted by atomic mass is 32.2. The van der Waals surface area contributed by atoms with Crippen LogP contribution in [0.2, 0.25) is 0 Å². The third-order valence-electron chi connectivity index (χ3n) is 5.01. The van der Waals surface area contributed by atoms with Gasteiger partial charge in [-0.05, 0) is 57.4 Å². The quantitative estimate of drug-likeness (QED) is 0.233. The van der Waals surface area contributed by atoms with Crippen LogP contribution >= 0.6 is 11.8 Å². The Morgan fingerprint density at radius 1 is 1.03 bits per heavy atom. The van der Waals surface area contributed by atoms with Crippen molar-refractivity contribution in [3.05, 3.63) is 65.1 Å². The third kappa shape index (κ3) is 3.96. The van der Waals surface area contributed by atoms with E-state index in [0.717, 1.165) is 56.6 Å². The second-order valence-corrected chi connectivity index (χ2v) is 8.07. The first-order chi connectivity index (χ1) is 14.6.